The molecule has 6 heteroatoms. The van der Waals surface area contributed by atoms with Gasteiger partial charge in [-0.3, -0.25) is 0 Å². The van der Waals surface area contributed by atoms with Gasteiger partial charge in [-0.25, -0.2) is 12.7 Å². The standard InChI is InChI=1S/C15H24N2O3S/c1-12-6-4-7-13-14(8-5-10-20-15(12)13)16-9-11-21(18,19)17(2)3/h4,6-7,14,16H,5,8-11H2,1-3H3. The fourth-order valence-corrected chi connectivity index (χ4v) is 3.26. The fourth-order valence-electron chi connectivity index (χ4n) is 2.52. The van der Waals surface area contributed by atoms with Crippen molar-refractivity contribution in [2.24, 2.45) is 0 Å². The third-order valence-electron chi connectivity index (χ3n) is 3.81. The van der Waals surface area contributed by atoms with E-state index in [0.717, 1.165) is 29.7 Å². The molecule has 0 radical (unpaired) electrons. The summed E-state index contributed by atoms with van der Waals surface area (Å²) < 4.78 is 30.7. The Hall–Kier alpha value is -1.11. The predicted octanol–water partition coefficient (Wildman–Crippen LogP) is 1.69. The summed E-state index contributed by atoms with van der Waals surface area (Å²) in [6.45, 7) is 3.20. The average molecular weight is 312 g/mol. The lowest BCUT2D eigenvalue weighted by Gasteiger charge is -2.20. The highest BCUT2D eigenvalue weighted by Crippen LogP contribution is 2.33. The second-order valence-corrected chi connectivity index (χ2v) is 7.89. The van der Waals surface area contributed by atoms with E-state index in [1.165, 1.54) is 4.31 Å². The van der Waals surface area contributed by atoms with Crippen molar-refractivity contribution in [1.29, 1.82) is 0 Å². The largest absolute Gasteiger partial charge is 0.493 e. The number of benzene rings is 1. The molecule has 0 bridgehead atoms. The van der Waals surface area contributed by atoms with Gasteiger partial charge >= 0.3 is 0 Å². The summed E-state index contributed by atoms with van der Waals surface area (Å²) in [7, 11) is -0.0281. The molecule has 1 aromatic carbocycles. The number of nitrogens with zero attached hydrogens (tertiary/aromatic N) is 1. The van der Waals surface area contributed by atoms with E-state index in [2.05, 4.69) is 11.4 Å². The van der Waals surface area contributed by atoms with Crippen molar-refractivity contribution in [2.45, 2.75) is 25.8 Å². The molecule has 1 aromatic rings. The molecule has 0 amide bonds. The van der Waals surface area contributed by atoms with Gasteiger partial charge < -0.3 is 10.1 Å². The van der Waals surface area contributed by atoms with Crippen molar-refractivity contribution in [3.63, 3.8) is 0 Å². The first kappa shape index (κ1) is 16.3. The molecule has 1 atom stereocenters. The Labute approximate surface area is 127 Å². The van der Waals surface area contributed by atoms with Crippen LogP contribution in [0.4, 0.5) is 0 Å². The molecule has 1 aliphatic rings. The lowest BCUT2D eigenvalue weighted by molar-refractivity contribution is 0.313. The van der Waals surface area contributed by atoms with Gasteiger partial charge in [-0.05, 0) is 25.3 Å². The number of hydrogen-bond donors (Lipinski definition) is 1. The SMILES string of the molecule is Cc1cccc2c1OCCCC2NCCS(=O)(=O)N(C)C. The summed E-state index contributed by atoms with van der Waals surface area (Å²) in [6.07, 6.45) is 1.92. The maximum Gasteiger partial charge on any atom is 0.214 e. The quantitative estimate of drug-likeness (QED) is 0.899. The van der Waals surface area contributed by atoms with Crippen LogP contribution in [0, 0.1) is 6.92 Å². The van der Waals surface area contributed by atoms with Crippen molar-refractivity contribution in [1.82, 2.24) is 9.62 Å². The zero-order valence-corrected chi connectivity index (χ0v) is 13.7. The van der Waals surface area contributed by atoms with Crippen molar-refractivity contribution in [2.75, 3.05) is 33.0 Å². The third kappa shape index (κ3) is 3.96. The maximum atomic E-state index is 11.8. The molecule has 1 heterocycles. The van der Waals surface area contributed by atoms with Crippen LogP contribution >= 0.6 is 0 Å². The number of fused-ring (bicyclic) bond motifs is 1. The Bertz CT molecular complexity index is 585. The van der Waals surface area contributed by atoms with Gasteiger partial charge in [0, 0.05) is 32.2 Å². The minimum absolute atomic E-state index is 0.110. The average Bonchev–Trinajstić information content (AvgIpc) is 2.62. The maximum absolute atomic E-state index is 11.8. The second kappa shape index (κ2) is 6.77. The highest BCUT2D eigenvalue weighted by atomic mass is 32.2. The van der Waals surface area contributed by atoms with Crippen LogP contribution in [0.5, 0.6) is 5.75 Å². The first-order valence-electron chi connectivity index (χ1n) is 7.27. The van der Waals surface area contributed by atoms with Gasteiger partial charge in [0.25, 0.3) is 0 Å². The Balaban J connectivity index is 2.06. The molecule has 21 heavy (non-hydrogen) atoms. The Morgan fingerprint density at radius 1 is 1.38 bits per heavy atom. The van der Waals surface area contributed by atoms with E-state index >= 15 is 0 Å². The molecule has 2 rings (SSSR count). The Kier molecular flexibility index (Phi) is 5.24. The van der Waals surface area contributed by atoms with Crippen LogP contribution in [-0.2, 0) is 10.0 Å². The number of aryl methyl sites for hydroxylation is 1. The van der Waals surface area contributed by atoms with E-state index in [4.69, 9.17) is 4.74 Å². The second-order valence-electron chi connectivity index (χ2n) is 5.59. The van der Waals surface area contributed by atoms with Gasteiger partial charge in [-0.1, -0.05) is 18.2 Å². The molecular formula is C15H24N2O3S. The summed E-state index contributed by atoms with van der Waals surface area (Å²) in [5.74, 6) is 1.06. The van der Waals surface area contributed by atoms with Crippen molar-refractivity contribution in [3.05, 3.63) is 29.3 Å². The van der Waals surface area contributed by atoms with Crippen LogP contribution in [0.1, 0.15) is 30.0 Å². The first-order valence-corrected chi connectivity index (χ1v) is 8.88. The highest BCUT2D eigenvalue weighted by molar-refractivity contribution is 7.89. The van der Waals surface area contributed by atoms with Crippen LogP contribution in [0.3, 0.4) is 0 Å². The summed E-state index contributed by atoms with van der Waals surface area (Å²) in [4.78, 5) is 0. The van der Waals surface area contributed by atoms with E-state index in [1.807, 2.05) is 19.1 Å². The molecule has 5 nitrogen and oxygen atoms in total. The lowest BCUT2D eigenvalue weighted by Crippen LogP contribution is -2.32. The number of para-hydroxylation sites is 1. The first-order chi connectivity index (χ1) is 9.92. The Morgan fingerprint density at radius 2 is 2.14 bits per heavy atom. The van der Waals surface area contributed by atoms with Gasteiger partial charge in [-0.15, -0.1) is 0 Å². The van der Waals surface area contributed by atoms with Crippen molar-refractivity contribution in [3.8, 4) is 5.75 Å². The molecular weight excluding hydrogens is 288 g/mol. The molecule has 1 aliphatic heterocycles. The van der Waals surface area contributed by atoms with E-state index in [0.29, 0.717) is 13.2 Å². The summed E-state index contributed by atoms with van der Waals surface area (Å²) in [6, 6.07) is 6.28. The smallest absolute Gasteiger partial charge is 0.214 e. The van der Waals surface area contributed by atoms with Gasteiger partial charge in [0.15, 0.2) is 0 Å². The lowest BCUT2D eigenvalue weighted by atomic mass is 10.00. The Morgan fingerprint density at radius 3 is 2.86 bits per heavy atom. The summed E-state index contributed by atoms with van der Waals surface area (Å²) >= 11 is 0. The van der Waals surface area contributed by atoms with Crippen molar-refractivity contribution < 1.29 is 13.2 Å². The third-order valence-corrected chi connectivity index (χ3v) is 5.64. The van der Waals surface area contributed by atoms with Crippen LogP contribution < -0.4 is 10.1 Å². The van der Waals surface area contributed by atoms with E-state index in [9.17, 15) is 8.42 Å². The van der Waals surface area contributed by atoms with Gasteiger partial charge in [0.05, 0.1) is 12.4 Å². The topological polar surface area (TPSA) is 58.6 Å². The molecule has 0 spiro atoms. The molecule has 0 saturated heterocycles. The fraction of sp³-hybridized carbons (Fsp3) is 0.600. The van der Waals surface area contributed by atoms with Crippen LogP contribution in [-0.4, -0.2) is 45.7 Å². The number of sulfonamides is 1. The molecule has 118 valence electrons. The van der Waals surface area contributed by atoms with Crippen LogP contribution in [0.15, 0.2) is 18.2 Å². The van der Waals surface area contributed by atoms with E-state index in [1.54, 1.807) is 14.1 Å². The van der Waals surface area contributed by atoms with Crippen LogP contribution in [0.2, 0.25) is 0 Å². The minimum Gasteiger partial charge on any atom is -0.493 e. The summed E-state index contributed by atoms with van der Waals surface area (Å²) in [5, 5.41) is 3.37. The zero-order valence-electron chi connectivity index (χ0n) is 12.9. The van der Waals surface area contributed by atoms with Gasteiger partial charge in [-0.2, -0.15) is 0 Å². The molecule has 1 N–H and O–H groups in total. The highest BCUT2D eigenvalue weighted by Gasteiger charge is 2.21. The van der Waals surface area contributed by atoms with Crippen molar-refractivity contribution >= 4 is 10.0 Å². The molecule has 0 fully saturated rings. The number of hydrogen-bond acceptors (Lipinski definition) is 4. The number of nitrogens with one attached hydrogen (secondary N) is 1. The zero-order chi connectivity index (χ0) is 15.5. The summed E-state index contributed by atoms with van der Waals surface area (Å²) in [5.41, 5.74) is 2.26. The van der Waals surface area contributed by atoms with Crippen LogP contribution in [0.25, 0.3) is 0 Å². The molecule has 0 saturated carbocycles. The molecule has 1 unspecified atom stereocenters. The van der Waals surface area contributed by atoms with Gasteiger partial charge in [0.1, 0.15) is 5.75 Å². The molecule has 0 aliphatic carbocycles. The van der Waals surface area contributed by atoms with E-state index < -0.39 is 10.0 Å². The van der Waals surface area contributed by atoms with Gasteiger partial charge in [0.2, 0.25) is 10.0 Å². The number of ether oxygens (including phenoxy) is 1. The molecule has 0 aromatic heterocycles. The number of rotatable bonds is 5. The monoisotopic (exact) mass is 312 g/mol. The normalized spacial score (nSPS) is 19.0. The predicted molar refractivity (Wildman–Crippen MR) is 84.1 cm³/mol. The minimum atomic E-state index is -3.15. The van der Waals surface area contributed by atoms with E-state index in [-0.39, 0.29) is 11.8 Å².